The highest BCUT2D eigenvalue weighted by atomic mass is 16.5. The Morgan fingerprint density at radius 1 is 1.41 bits per heavy atom. The van der Waals surface area contributed by atoms with Gasteiger partial charge in [0.1, 0.15) is 0 Å². The fourth-order valence-corrected chi connectivity index (χ4v) is 1.84. The Morgan fingerprint density at radius 2 is 2.24 bits per heavy atom. The largest absolute Gasteiger partial charge is 0.464 e. The summed E-state index contributed by atoms with van der Waals surface area (Å²) in [6.45, 7) is 1.70. The minimum Gasteiger partial charge on any atom is -0.464 e. The average Bonchev–Trinajstić information content (AvgIpc) is 2.87. The molecule has 17 heavy (non-hydrogen) atoms. The Kier molecular flexibility index (Phi) is 3.53. The first-order chi connectivity index (χ1) is 8.24. The monoisotopic (exact) mass is 237 g/mol. The van der Waals surface area contributed by atoms with E-state index in [1.807, 2.05) is 0 Å². The lowest BCUT2D eigenvalue weighted by Crippen LogP contribution is -2.23. The van der Waals surface area contributed by atoms with E-state index in [1.165, 1.54) is 7.11 Å². The van der Waals surface area contributed by atoms with E-state index < -0.39 is 5.97 Å². The molecule has 0 N–H and O–H groups in total. The van der Waals surface area contributed by atoms with Gasteiger partial charge in [0.25, 0.3) is 0 Å². The lowest BCUT2D eigenvalue weighted by atomic mass is 10.3. The van der Waals surface area contributed by atoms with Gasteiger partial charge >= 0.3 is 5.97 Å². The molecule has 6 nitrogen and oxygen atoms in total. The summed E-state index contributed by atoms with van der Waals surface area (Å²) in [5, 5.41) is 7.86. The van der Waals surface area contributed by atoms with Crippen molar-refractivity contribution in [2.75, 3.05) is 32.2 Å². The molecule has 1 aliphatic heterocycles. The lowest BCUT2D eigenvalue weighted by Gasteiger charge is -2.16. The predicted octanol–water partition coefficient (Wildman–Crippen LogP) is 0.488. The molecule has 1 aliphatic rings. The number of carbonyl (C=O) groups is 1. The third kappa shape index (κ3) is 2.52. The fourth-order valence-electron chi connectivity index (χ4n) is 1.84. The number of esters is 1. The van der Waals surface area contributed by atoms with Crippen LogP contribution in [0.15, 0.2) is 12.1 Å². The first-order valence-corrected chi connectivity index (χ1v) is 5.44. The number of methoxy groups -OCH3 is 2. The molecular formula is C11H15N3O3. The van der Waals surface area contributed by atoms with E-state index >= 15 is 0 Å². The van der Waals surface area contributed by atoms with Crippen LogP contribution in [0, 0.1) is 0 Å². The third-order valence-electron chi connectivity index (χ3n) is 2.85. The zero-order valence-electron chi connectivity index (χ0n) is 9.92. The SMILES string of the molecule is COC(=O)c1ccc(N2CCC(OC)C2)nn1. The van der Waals surface area contributed by atoms with Crippen molar-refractivity contribution in [2.45, 2.75) is 12.5 Å². The summed E-state index contributed by atoms with van der Waals surface area (Å²) in [5.74, 6) is 0.289. The van der Waals surface area contributed by atoms with Gasteiger partial charge in [-0.1, -0.05) is 0 Å². The number of rotatable bonds is 3. The number of nitrogens with zero attached hydrogens (tertiary/aromatic N) is 3. The fraction of sp³-hybridized carbons (Fsp3) is 0.545. The molecule has 2 heterocycles. The number of hydrogen-bond donors (Lipinski definition) is 0. The van der Waals surface area contributed by atoms with E-state index in [0.29, 0.717) is 0 Å². The van der Waals surface area contributed by atoms with E-state index in [4.69, 9.17) is 4.74 Å². The van der Waals surface area contributed by atoms with Crippen LogP contribution in [0.2, 0.25) is 0 Å². The number of hydrogen-bond acceptors (Lipinski definition) is 6. The van der Waals surface area contributed by atoms with E-state index in [9.17, 15) is 4.79 Å². The molecule has 1 atom stereocenters. The van der Waals surface area contributed by atoms with Crippen molar-refractivity contribution < 1.29 is 14.3 Å². The van der Waals surface area contributed by atoms with Crippen molar-refractivity contribution in [1.82, 2.24) is 10.2 Å². The zero-order valence-corrected chi connectivity index (χ0v) is 9.92. The summed E-state index contributed by atoms with van der Waals surface area (Å²) in [6, 6.07) is 3.39. The minimum atomic E-state index is -0.472. The summed E-state index contributed by atoms with van der Waals surface area (Å²) < 4.78 is 9.84. The van der Waals surface area contributed by atoms with Gasteiger partial charge in [0.2, 0.25) is 0 Å². The summed E-state index contributed by atoms with van der Waals surface area (Å²) in [6.07, 6.45) is 1.23. The van der Waals surface area contributed by atoms with Crippen molar-refractivity contribution in [3.8, 4) is 0 Å². The molecule has 6 heteroatoms. The molecule has 0 spiro atoms. The molecule has 1 saturated heterocycles. The van der Waals surface area contributed by atoms with Crippen LogP contribution in [0.3, 0.4) is 0 Å². The molecule has 0 bridgehead atoms. The second-order valence-corrected chi connectivity index (χ2v) is 3.86. The van der Waals surface area contributed by atoms with Crippen molar-refractivity contribution in [1.29, 1.82) is 0 Å². The summed E-state index contributed by atoms with van der Waals surface area (Å²) >= 11 is 0. The highest BCUT2D eigenvalue weighted by Crippen LogP contribution is 2.18. The smallest absolute Gasteiger partial charge is 0.358 e. The Labute approximate surface area is 99.5 Å². The molecule has 2 rings (SSSR count). The Morgan fingerprint density at radius 3 is 2.76 bits per heavy atom. The van der Waals surface area contributed by atoms with E-state index in [-0.39, 0.29) is 11.8 Å². The topological polar surface area (TPSA) is 64.5 Å². The third-order valence-corrected chi connectivity index (χ3v) is 2.85. The maximum atomic E-state index is 11.2. The van der Waals surface area contributed by atoms with Crippen molar-refractivity contribution >= 4 is 11.8 Å². The van der Waals surface area contributed by atoms with Crippen LogP contribution in [-0.4, -0.2) is 49.6 Å². The van der Waals surface area contributed by atoms with Gasteiger partial charge < -0.3 is 14.4 Å². The van der Waals surface area contributed by atoms with Gasteiger partial charge in [-0.2, -0.15) is 0 Å². The van der Waals surface area contributed by atoms with Crippen LogP contribution >= 0.6 is 0 Å². The van der Waals surface area contributed by atoms with Gasteiger partial charge in [-0.15, -0.1) is 10.2 Å². The molecule has 1 aromatic heterocycles. The second kappa shape index (κ2) is 5.09. The second-order valence-electron chi connectivity index (χ2n) is 3.86. The van der Waals surface area contributed by atoms with Crippen molar-refractivity contribution in [3.05, 3.63) is 17.8 Å². The highest BCUT2D eigenvalue weighted by Gasteiger charge is 2.23. The first kappa shape index (κ1) is 11.8. The lowest BCUT2D eigenvalue weighted by molar-refractivity contribution is 0.0592. The molecule has 0 aliphatic carbocycles. The molecule has 1 fully saturated rings. The maximum Gasteiger partial charge on any atom is 0.358 e. The van der Waals surface area contributed by atoms with E-state index in [1.54, 1.807) is 19.2 Å². The van der Waals surface area contributed by atoms with Gasteiger partial charge in [0.15, 0.2) is 11.5 Å². The quantitative estimate of drug-likeness (QED) is 0.713. The van der Waals surface area contributed by atoms with E-state index in [2.05, 4.69) is 19.8 Å². The van der Waals surface area contributed by atoms with Gasteiger partial charge in [-0.3, -0.25) is 0 Å². The molecule has 0 aromatic carbocycles. The summed E-state index contributed by atoms with van der Waals surface area (Å²) in [7, 11) is 3.03. The Balaban J connectivity index is 2.06. The van der Waals surface area contributed by atoms with Gasteiger partial charge in [-0.05, 0) is 18.6 Å². The van der Waals surface area contributed by atoms with Crippen LogP contribution < -0.4 is 4.90 Å². The van der Waals surface area contributed by atoms with Gasteiger partial charge in [-0.25, -0.2) is 4.79 Å². The van der Waals surface area contributed by atoms with Crippen LogP contribution in [0.5, 0.6) is 0 Å². The van der Waals surface area contributed by atoms with Gasteiger partial charge in [0.05, 0.1) is 13.2 Å². The predicted molar refractivity (Wildman–Crippen MR) is 61.0 cm³/mol. The molecule has 0 radical (unpaired) electrons. The number of anilines is 1. The normalized spacial score (nSPS) is 19.4. The molecule has 0 saturated carbocycles. The standard InChI is InChI=1S/C11H15N3O3/c1-16-8-5-6-14(7-8)10-4-3-9(12-13-10)11(15)17-2/h3-4,8H,5-7H2,1-2H3. The van der Waals surface area contributed by atoms with Crippen LogP contribution in [0.1, 0.15) is 16.9 Å². The van der Waals surface area contributed by atoms with E-state index in [0.717, 1.165) is 25.3 Å². The van der Waals surface area contributed by atoms with Crippen LogP contribution in [0.4, 0.5) is 5.82 Å². The average molecular weight is 237 g/mol. The molecule has 0 amide bonds. The Hall–Kier alpha value is -1.69. The Bertz CT molecular complexity index is 393. The maximum absolute atomic E-state index is 11.2. The van der Waals surface area contributed by atoms with Crippen molar-refractivity contribution in [2.24, 2.45) is 0 Å². The van der Waals surface area contributed by atoms with Crippen LogP contribution in [0.25, 0.3) is 0 Å². The zero-order chi connectivity index (χ0) is 12.3. The molecule has 1 aromatic rings. The highest BCUT2D eigenvalue weighted by molar-refractivity contribution is 5.86. The minimum absolute atomic E-state index is 0.221. The van der Waals surface area contributed by atoms with Crippen molar-refractivity contribution in [3.63, 3.8) is 0 Å². The number of carbonyl (C=O) groups excluding carboxylic acids is 1. The van der Waals surface area contributed by atoms with Crippen LogP contribution in [-0.2, 0) is 9.47 Å². The first-order valence-electron chi connectivity index (χ1n) is 5.44. The number of aromatic nitrogens is 2. The molecule has 92 valence electrons. The molecular weight excluding hydrogens is 222 g/mol. The number of ether oxygens (including phenoxy) is 2. The summed E-state index contributed by atoms with van der Waals surface area (Å²) in [4.78, 5) is 13.3. The van der Waals surface area contributed by atoms with Gasteiger partial charge in [0, 0.05) is 20.2 Å². The summed E-state index contributed by atoms with van der Waals surface area (Å²) in [5.41, 5.74) is 0.221. The molecule has 1 unspecified atom stereocenters.